The third-order valence-corrected chi connectivity index (χ3v) is 2.37. The molecule has 0 saturated carbocycles. The van der Waals surface area contributed by atoms with Crippen LogP contribution in [0, 0.1) is 0 Å². The monoisotopic (exact) mass is 250 g/mol. The van der Waals surface area contributed by atoms with Crippen molar-refractivity contribution >= 4 is 17.6 Å². The minimum atomic E-state index is -1.18. The van der Waals surface area contributed by atoms with Crippen LogP contribution in [0.25, 0.3) is 11.4 Å². The fraction of sp³-hybridized carbons (Fsp3) is 0. The van der Waals surface area contributed by atoms with Gasteiger partial charge >= 0.3 is 5.97 Å². The molecule has 2 N–H and O–H groups in total. The van der Waals surface area contributed by atoms with Gasteiger partial charge in [0.15, 0.2) is 5.82 Å². The standard InChI is InChI=1S/C11H7ClN2O3/c12-9-8(11(16)17)5-13-10(14-9)6-2-1-3-7(15)4-6/h1-5,15H,(H,16,17). The summed E-state index contributed by atoms with van der Waals surface area (Å²) in [4.78, 5) is 18.5. The summed E-state index contributed by atoms with van der Waals surface area (Å²) < 4.78 is 0. The fourth-order valence-electron chi connectivity index (χ4n) is 1.29. The first kappa shape index (κ1) is 11.3. The highest BCUT2D eigenvalue weighted by molar-refractivity contribution is 6.32. The summed E-state index contributed by atoms with van der Waals surface area (Å²) in [5.41, 5.74) is 0.402. The number of phenols is 1. The molecule has 1 heterocycles. The van der Waals surface area contributed by atoms with E-state index in [1.807, 2.05) is 0 Å². The number of carboxylic acid groups (broad SMARTS) is 1. The average Bonchev–Trinajstić information content (AvgIpc) is 2.28. The highest BCUT2D eigenvalue weighted by Crippen LogP contribution is 2.22. The predicted octanol–water partition coefficient (Wildman–Crippen LogP) is 2.20. The molecule has 0 unspecified atom stereocenters. The summed E-state index contributed by atoms with van der Waals surface area (Å²) in [6, 6.07) is 6.29. The molecule has 5 nitrogen and oxygen atoms in total. The van der Waals surface area contributed by atoms with E-state index < -0.39 is 5.97 Å². The van der Waals surface area contributed by atoms with Gasteiger partial charge in [-0.15, -0.1) is 0 Å². The van der Waals surface area contributed by atoms with Gasteiger partial charge in [-0.1, -0.05) is 23.7 Å². The maximum atomic E-state index is 10.7. The van der Waals surface area contributed by atoms with Gasteiger partial charge in [-0.05, 0) is 12.1 Å². The molecule has 0 amide bonds. The Labute approximate surface area is 101 Å². The van der Waals surface area contributed by atoms with Crippen molar-refractivity contribution in [1.82, 2.24) is 9.97 Å². The van der Waals surface area contributed by atoms with E-state index in [0.29, 0.717) is 5.56 Å². The summed E-state index contributed by atoms with van der Waals surface area (Å²) in [6.07, 6.45) is 1.14. The van der Waals surface area contributed by atoms with Crippen LogP contribution in [0.4, 0.5) is 0 Å². The minimum absolute atomic E-state index is 0.0736. The smallest absolute Gasteiger partial charge is 0.340 e. The molecule has 2 rings (SSSR count). The van der Waals surface area contributed by atoms with Crippen molar-refractivity contribution in [1.29, 1.82) is 0 Å². The van der Waals surface area contributed by atoms with Crippen molar-refractivity contribution in [3.05, 3.63) is 41.2 Å². The second-order valence-electron chi connectivity index (χ2n) is 3.25. The van der Waals surface area contributed by atoms with Crippen molar-refractivity contribution in [2.24, 2.45) is 0 Å². The second kappa shape index (κ2) is 4.39. The molecular weight excluding hydrogens is 244 g/mol. The number of carbonyl (C=O) groups is 1. The number of aromatic nitrogens is 2. The zero-order valence-electron chi connectivity index (χ0n) is 8.46. The molecule has 0 aliphatic carbocycles. The van der Waals surface area contributed by atoms with Gasteiger partial charge in [0.25, 0.3) is 0 Å². The van der Waals surface area contributed by atoms with Gasteiger partial charge in [0, 0.05) is 11.8 Å². The van der Waals surface area contributed by atoms with Crippen molar-refractivity contribution in [2.75, 3.05) is 0 Å². The Hall–Kier alpha value is -2.14. The topological polar surface area (TPSA) is 83.3 Å². The SMILES string of the molecule is O=C(O)c1cnc(-c2cccc(O)c2)nc1Cl. The number of hydrogen-bond acceptors (Lipinski definition) is 4. The molecule has 1 aromatic heterocycles. The molecule has 86 valence electrons. The van der Waals surface area contributed by atoms with Crippen LogP contribution in [0.1, 0.15) is 10.4 Å². The molecule has 17 heavy (non-hydrogen) atoms. The second-order valence-corrected chi connectivity index (χ2v) is 3.61. The Bertz CT molecular complexity index is 587. The zero-order chi connectivity index (χ0) is 12.4. The lowest BCUT2D eigenvalue weighted by Gasteiger charge is -2.02. The number of nitrogens with zero attached hydrogens (tertiary/aromatic N) is 2. The summed E-state index contributed by atoms with van der Waals surface area (Å²) in [5, 5.41) is 17.9. The summed E-state index contributed by atoms with van der Waals surface area (Å²) >= 11 is 5.72. The van der Waals surface area contributed by atoms with E-state index in [-0.39, 0.29) is 22.3 Å². The number of rotatable bonds is 2. The zero-order valence-corrected chi connectivity index (χ0v) is 9.22. The molecule has 2 aromatic rings. The molecule has 0 fully saturated rings. The lowest BCUT2D eigenvalue weighted by Crippen LogP contribution is -2.01. The summed E-state index contributed by atoms with van der Waals surface area (Å²) in [7, 11) is 0. The van der Waals surface area contributed by atoms with Crippen LogP contribution < -0.4 is 0 Å². The fourth-order valence-corrected chi connectivity index (χ4v) is 1.50. The first-order valence-corrected chi connectivity index (χ1v) is 5.01. The highest BCUT2D eigenvalue weighted by Gasteiger charge is 2.12. The highest BCUT2D eigenvalue weighted by atomic mass is 35.5. The Balaban J connectivity index is 2.48. The van der Waals surface area contributed by atoms with E-state index in [2.05, 4.69) is 9.97 Å². The van der Waals surface area contributed by atoms with Crippen LogP contribution in [0.3, 0.4) is 0 Å². The van der Waals surface area contributed by atoms with Crippen LogP contribution in [0.15, 0.2) is 30.5 Å². The molecule has 1 aromatic carbocycles. The van der Waals surface area contributed by atoms with Crippen LogP contribution in [-0.2, 0) is 0 Å². The number of carboxylic acids is 1. The average molecular weight is 251 g/mol. The molecule has 6 heteroatoms. The molecule has 0 saturated heterocycles. The molecule has 0 spiro atoms. The van der Waals surface area contributed by atoms with Crippen molar-refractivity contribution < 1.29 is 15.0 Å². The number of halogens is 1. The first-order valence-electron chi connectivity index (χ1n) is 4.63. The van der Waals surface area contributed by atoms with Crippen molar-refractivity contribution in [3.8, 4) is 17.1 Å². The summed E-state index contributed by atoms with van der Waals surface area (Å²) in [5.74, 6) is -0.849. The van der Waals surface area contributed by atoms with Crippen LogP contribution >= 0.6 is 11.6 Å². The molecule has 0 radical (unpaired) electrons. The molecule has 0 aliphatic heterocycles. The summed E-state index contributed by atoms with van der Waals surface area (Å²) in [6.45, 7) is 0. The molecular formula is C11H7ClN2O3. The van der Waals surface area contributed by atoms with E-state index >= 15 is 0 Å². The van der Waals surface area contributed by atoms with Crippen LogP contribution in [-0.4, -0.2) is 26.2 Å². The quantitative estimate of drug-likeness (QED) is 0.799. The molecule has 0 aliphatic rings. The van der Waals surface area contributed by atoms with E-state index in [4.69, 9.17) is 16.7 Å². The molecule has 0 atom stereocenters. The van der Waals surface area contributed by atoms with Gasteiger partial charge in [-0.2, -0.15) is 0 Å². The lowest BCUT2D eigenvalue weighted by atomic mass is 10.2. The van der Waals surface area contributed by atoms with Crippen molar-refractivity contribution in [2.45, 2.75) is 0 Å². The first-order chi connectivity index (χ1) is 8.08. The maximum Gasteiger partial charge on any atom is 0.340 e. The minimum Gasteiger partial charge on any atom is -0.508 e. The number of phenolic OH excluding ortho intramolecular Hbond substituents is 1. The largest absolute Gasteiger partial charge is 0.508 e. The van der Waals surface area contributed by atoms with E-state index in [0.717, 1.165) is 6.20 Å². The van der Waals surface area contributed by atoms with E-state index in [9.17, 15) is 9.90 Å². The predicted molar refractivity (Wildman–Crippen MR) is 61.1 cm³/mol. The van der Waals surface area contributed by atoms with Crippen LogP contribution in [0.5, 0.6) is 5.75 Å². The van der Waals surface area contributed by atoms with Gasteiger partial charge in [0.1, 0.15) is 16.5 Å². The molecule has 0 bridgehead atoms. The van der Waals surface area contributed by atoms with Crippen LogP contribution in [0.2, 0.25) is 5.15 Å². The lowest BCUT2D eigenvalue weighted by molar-refractivity contribution is 0.0696. The number of aromatic carboxylic acids is 1. The Morgan fingerprint density at radius 2 is 2.12 bits per heavy atom. The Morgan fingerprint density at radius 1 is 1.35 bits per heavy atom. The van der Waals surface area contributed by atoms with Gasteiger partial charge in [0.2, 0.25) is 0 Å². The Kier molecular flexibility index (Phi) is 2.93. The number of benzene rings is 1. The third kappa shape index (κ3) is 2.34. The van der Waals surface area contributed by atoms with Gasteiger partial charge in [-0.25, -0.2) is 14.8 Å². The number of aromatic hydroxyl groups is 1. The Morgan fingerprint density at radius 3 is 2.71 bits per heavy atom. The van der Waals surface area contributed by atoms with E-state index in [1.165, 1.54) is 12.1 Å². The van der Waals surface area contributed by atoms with E-state index in [1.54, 1.807) is 12.1 Å². The van der Waals surface area contributed by atoms with Gasteiger partial charge in [0.05, 0.1) is 0 Å². The normalized spacial score (nSPS) is 10.2. The number of hydrogen-bond donors (Lipinski definition) is 2. The van der Waals surface area contributed by atoms with Crippen molar-refractivity contribution in [3.63, 3.8) is 0 Å². The van der Waals surface area contributed by atoms with Gasteiger partial charge < -0.3 is 10.2 Å². The maximum absolute atomic E-state index is 10.7. The van der Waals surface area contributed by atoms with Gasteiger partial charge in [-0.3, -0.25) is 0 Å². The third-order valence-electron chi connectivity index (χ3n) is 2.08.